The van der Waals surface area contributed by atoms with Gasteiger partial charge >= 0.3 is 5.97 Å². The van der Waals surface area contributed by atoms with Gasteiger partial charge in [0.15, 0.2) is 0 Å². The molecule has 1 unspecified atom stereocenters. The first-order valence-corrected chi connectivity index (χ1v) is 9.29. The van der Waals surface area contributed by atoms with E-state index in [1.807, 2.05) is 19.1 Å². The number of nitro benzene ring substituents is 1. The molecule has 1 aromatic carbocycles. The number of benzene rings is 1. The van der Waals surface area contributed by atoms with Crippen LogP contribution in [0.5, 0.6) is 0 Å². The summed E-state index contributed by atoms with van der Waals surface area (Å²) in [6, 6.07) is 5.37. The summed E-state index contributed by atoms with van der Waals surface area (Å²) in [5.41, 5.74) is 1.56. The van der Waals surface area contributed by atoms with Crippen molar-refractivity contribution in [3.8, 4) is 0 Å². The molecule has 0 N–H and O–H groups in total. The molecule has 0 aliphatic carbocycles. The van der Waals surface area contributed by atoms with Gasteiger partial charge in [-0.15, -0.1) is 0 Å². The van der Waals surface area contributed by atoms with E-state index >= 15 is 0 Å². The van der Waals surface area contributed by atoms with Gasteiger partial charge in [-0.3, -0.25) is 14.9 Å². The number of methoxy groups -OCH3 is 1. The Labute approximate surface area is 156 Å². The first kappa shape index (κ1) is 21.9. The lowest BCUT2D eigenvalue weighted by atomic mass is 9.92. The van der Waals surface area contributed by atoms with Gasteiger partial charge in [-0.25, -0.2) is 0 Å². The number of esters is 1. The fraction of sp³-hybridized carbons (Fsp3) is 0.650. The van der Waals surface area contributed by atoms with E-state index in [1.165, 1.54) is 7.11 Å². The Morgan fingerprint density at radius 3 is 2.19 bits per heavy atom. The highest BCUT2D eigenvalue weighted by Crippen LogP contribution is 2.34. The third-order valence-electron chi connectivity index (χ3n) is 4.31. The summed E-state index contributed by atoms with van der Waals surface area (Å²) in [5.74, 6) is 0.412. The number of hydrogen-bond donors (Lipinski definition) is 0. The van der Waals surface area contributed by atoms with Crippen LogP contribution in [0.1, 0.15) is 58.9 Å². The Morgan fingerprint density at radius 1 is 1.19 bits per heavy atom. The molecule has 0 saturated heterocycles. The van der Waals surface area contributed by atoms with Crippen LogP contribution < -0.4 is 4.90 Å². The maximum Gasteiger partial charge on any atom is 0.306 e. The van der Waals surface area contributed by atoms with Crippen molar-refractivity contribution in [2.24, 2.45) is 11.8 Å². The van der Waals surface area contributed by atoms with Crippen LogP contribution in [0.2, 0.25) is 0 Å². The van der Waals surface area contributed by atoms with Gasteiger partial charge in [0.25, 0.3) is 5.69 Å². The third kappa shape index (κ3) is 6.32. The Balaban J connectivity index is 3.28. The molecule has 1 atom stereocenters. The highest BCUT2D eigenvalue weighted by molar-refractivity contribution is 5.71. The van der Waals surface area contributed by atoms with Gasteiger partial charge < -0.3 is 9.64 Å². The molecule has 0 amide bonds. The smallest absolute Gasteiger partial charge is 0.306 e. The number of carbonyl (C=O) groups excluding carboxylic acids is 1. The lowest BCUT2D eigenvalue weighted by Gasteiger charge is -2.28. The number of ether oxygens (including phenoxy) is 1. The Hall–Kier alpha value is -2.11. The molecule has 26 heavy (non-hydrogen) atoms. The van der Waals surface area contributed by atoms with Crippen LogP contribution in [0, 0.1) is 22.0 Å². The molecule has 1 aromatic rings. The molecule has 146 valence electrons. The van der Waals surface area contributed by atoms with Crippen molar-refractivity contribution >= 4 is 17.3 Å². The number of nitro groups is 1. The minimum atomic E-state index is -0.322. The number of anilines is 1. The number of rotatable bonds is 10. The van der Waals surface area contributed by atoms with Crippen LogP contribution in [-0.2, 0) is 9.53 Å². The van der Waals surface area contributed by atoms with E-state index in [0.29, 0.717) is 23.9 Å². The van der Waals surface area contributed by atoms with Crippen molar-refractivity contribution < 1.29 is 14.5 Å². The average molecular weight is 364 g/mol. The molecule has 6 heteroatoms. The minimum absolute atomic E-state index is 0.0844. The van der Waals surface area contributed by atoms with Crippen molar-refractivity contribution in [1.29, 1.82) is 0 Å². The predicted molar refractivity (Wildman–Crippen MR) is 105 cm³/mol. The molecular formula is C20H32N2O4. The van der Waals surface area contributed by atoms with Gasteiger partial charge in [0.2, 0.25) is 0 Å². The molecule has 0 heterocycles. The molecule has 0 saturated carbocycles. The molecule has 0 aromatic heterocycles. The summed E-state index contributed by atoms with van der Waals surface area (Å²) < 4.78 is 4.75. The number of carbonyl (C=O) groups is 1. The maximum absolute atomic E-state index is 11.7. The predicted octanol–water partition coefficient (Wildman–Crippen LogP) is 4.77. The van der Waals surface area contributed by atoms with E-state index in [9.17, 15) is 14.9 Å². The molecule has 0 radical (unpaired) electrons. The highest BCUT2D eigenvalue weighted by atomic mass is 16.6. The van der Waals surface area contributed by atoms with Crippen molar-refractivity contribution in [3.05, 3.63) is 33.9 Å². The van der Waals surface area contributed by atoms with E-state index in [4.69, 9.17) is 4.74 Å². The first-order valence-electron chi connectivity index (χ1n) is 9.29. The van der Waals surface area contributed by atoms with Crippen LogP contribution in [0.15, 0.2) is 18.2 Å². The van der Waals surface area contributed by atoms with Crippen LogP contribution in [-0.4, -0.2) is 31.1 Å². The van der Waals surface area contributed by atoms with E-state index in [2.05, 4.69) is 32.6 Å². The zero-order valence-electron chi connectivity index (χ0n) is 16.8. The maximum atomic E-state index is 11.7. The summed E-state index contributed by atoms with van der Waals surface area (Å²) in [6.07, 6.45) is 0.943. The lowest BCUT2D eigenvalue weighted by molar-refractivity contribution is -0.384. The quantitative estimate of drug-likeness (QED) is 0.340. The van der Waals surface area contributed by atoms with Gasteiger partial charge in [-0.05, 0) is 35.8 Å². The van der Waals surface area contributed by atoms with Gasteiger partial charge in [-0.1, -0.05) is 40.7 Å². The molecular weight excluding hydrogens is 332 g/mol. The number of nitrogens with zero attached hydrogens (tertiary/aromatic N) is 2. The van der Waals surface area contributed by atoms with Crippen LogP contribution in [0.25, 0.3) is 0 Å². The summed E-state index contributed by atoms with van der Waals surface area (Å²) >= 11 is 0. The molecule has 0 aliphatic rings. The van der Waals surface area contributed by atoms with Gasteiger partial charge in [0.05, 0.1) is 18.5 Å². The van der Waals surface area contributed by atoms with Crippen molar-refractivity contribution in [3.63, 3.8) is 0 Å². The van der Waals surface area contributed by atoms with Crippen molar-refractivity contribution in [1.82, 2.24) is 0 Å². The largest absolute Gasteiger partial charge is 0.469 e. The van der Waals surface area contributed by atoms with Gasteiger partial charge in [-0.2, -0.15) is 0 Å². The highest BCUT2D eigenvalue weighted by Gasteiger charge is 2.24. The summed E-state index contributed by atoms with van der Waals surface area (Å²) in [5, 5.41) is 11.7. The van der Waals surface area contributed by atoms with Gasteiger partial charge in [0, 0.05) is 19.2 Å². The average Bonchev–Trinajstić information content (AvgIpc) is 2.57. The Bertz CT molecular complexity index is 604. The summed E-state index contributed by atoms with van der Waals surface area (Å²) in [4.78, 5) is 25.1. The summed E-state index contributed by atoms with van der Waals surface area (Å²) in [6.45, 7) is 11.9. The van der Waals surface area contributed by atoms with E-state index in [-0.39, 0.29) is 28.9 Å². The van der Waals surface area contributed by atoms with E-state index < -0.39 is 0 Å². The molecule has 0 bridgehead atoms. The monoisotopic (exact) mass is 364 g/mol. The standard InChI is InChI=1S/C20H32N2O4/c1-7-16(11-20(23)26-6)17-8-9-18(19(10-17)22(24)25)21(12-14(2)3)13-15(4)5/h8-10,14-16H,7,11-13H2,1-6H3. The molecule has 0 fully saturated rings. The SMILES string of the molecule is CCC(CC(=O)OC)c1ccc(N(CC(C)C)CC(C)C)c([N+](=O)[O-])c1. The van der Waals surface area contributed by atoms with Crippen LogP contribution in [0.3, 0.4) is 0 Å². The van der Waals surface area contributed by atoms with Crippen LogP contribution >= 0.6 is 0 Å². The Morgan fingerprint density at radius 2 is 1.77 bits per heavy atom. The second-order valence-electron chi connectivity index (χ2n) is 7.58. The third-order valence-corrected chi connectivity index (χ3v) is 4.31. The topological polar surface area (TPSA) is 72.7 Å². The van der Waals surface area contributed by atoms with E-state index in [1.54, 1.807) is 6.07 Å². The second-order valence-corrected chi connectivity index (χ2v) is 7.58. The van der Waals surface area contributed by atoms with Crippen LogP contribution in [0.4, 0.5) is 11.4 Å². The zero-order valence-corrected chi connectivity index (χ0v) is 16.8. The molecule has 0 aliphatic heterocycles. The van der Waals surface area contributed by atoms with Crippen molar-refractivity contribution in [2.75, 3.05) is 25.1 Å². The van der Waals surface area contributed by atoms with Crippen molar-refractivity contribution in [2.45, 2.75) is 53.4 Å². The van der Waals surface area contributed by atoms with E-state index in [0.717, 1.165) is 18.7 Å². The lowest BCUT2D eigenvalue weighted by Crippen LogP contribution is -2.31. The molecule has 6 nitrogen and oxygen atoms in total. The molecule has 1 rings (SSSR count). The van der Waals surface area contributed by atoms with Gasteiger partial charge in [0.1, 0.15) is 5.69 Å². The number of hydrogen-bond acceptors (Lipinski definition) is 5. The summed E-state index contributed by atoms with van der Waals surface area (Å²) in [7, 11) is 1.36. The zero-order chi connectivity index (χ0) is 19.9. The minimum Gasteiger partial charge on any atom is -0.469 e. The Kier molecular flexibility index (Phi) is 8.55. The fourth-order valence-corrected chi connectivity index (χ4v) is 3.14. The fourth-order valence-electron chi connectivity index (χ4n) is 3.14. The second kappa shape index (κ2) is 10.1. The first-order chi connectivity index (χ1) is 12.2. The normalized spacial score (nSPS) is 12.3. The molecule has 0 spiro atoms.